The maximum atomic E-state index is 11.7. The van der Waals surface area contributed by atoms with E-state index in [0.29, 0.717) is 6.54 Å². The van der Waals surface area contributed by atoms with Crippen molar-refractivity contribution in [1.29, 1.82) is 0 Å². The van der Waals surface area contributed by atoms with Gasteiger partial charge in [0.15, 0.2) is 0 Å². The number of imide groups is 1. The minimum absolute atomic E-state index is 0.217. The number of rotatable bonds is 3. The molecule has 0 unspecified atom stereocenters. The van der Waals surface area contributed by atoms with Gasteiger partial charge in [0, 0.05) is 18.3 Å². The van der Waals surface area contributed by atoms with Crippen LogP contribution in [0, 0.1) is 0 Å². The Kier molecular flexibility index (Phi) is 3.04. The molecule has 0 aromatic heterocycles. The van der Waals surface area contributed by atoms with E-state index in [2.05, 4.69) is 0 Å². The third-order valence-corrected chi connectivity index (χ3v) is 2.96. The number of amides is 3. The average molecular weight is 219 g/mol. The highest BCUT2D eigenvalue weighted by atomic mass is 35.5. The van der Waals surface area contributed by atoms with Gasteiger partial charge in [-0.2, -0.15) is 0 Å². The third kappa shape index (κ3) is 1.59. The van der Waals surface area contributed by atoms with Crippen LogP contribution < -0.4 is 0 Å². The van der Waals surface area contributed by atoms with Crippen LogP contribution in [0.5, 0.6) is 0 Å². The van der Waals surface area contributed by atoms with Crippen molar-refractivity contribution < 1.29 is 9.59 Å². The number of carbonyl (C=O) groups is 2. The Labute approximate surface area is 88.9 Å². The van der Waals surface area contributed by atoms with Gasteiger partial charge in [0.05, 0.1) is 0 Å². The van der Waals surface area contributed by atoms with Gasteiger partial charge in [-0.15, -0.1) is 0 Å². The number of halogens is 1. The molecule has 1 rings (SSSR count). The molecule has 3 amide bonds. The second-order valence-corrected chi connectivity index (χ2v) is 4.27. The first-order valence-corrected chi connectivity index (χ1v) is 5.08. The highest BCUT2D eigenvalue weighted by Crippen LogP contribution is 2.29. The fraction of sp³-hybridized carbons (Fsp3) is 0.778. The predicted molar refractivity (Wildman–Crippen MR) is 53.8 cm³/mol. The molecule has 0 radical (unpaired) electrons. The SMILES string of the molecule is CCCCN1C(=O)N(Cl)C(C)(C)C1=O. The first-order valence-electron chi connectivity index (χ1n) is 4.75. The fourth-order valence-electron chi connectivity index (χ4n) is 1.36. The van der Waals surface area contributed by atoms with Crippen LogP contribution in [0.3, 0.4) is 0 Å². The number of hydrogen-bond acceptors (Lipinski definition) is 2. The van der Waals surface area contributed by atoms with Gasteiger partial charge < -0.3 is 0 Å². The molecule has 5 heteroatoms. The Balaban J connectivity index is 2.80. The van der Waals surface area contributed by atoms with Gasteiger partial charge in [-0.3, -0.25) is 9.69 Å². The molecule has 1 aliphatic heterocycles. The van der Waals surface area contributed by atoms with Crippen molar-refractivity contribution in [1.82, 2.24) is 9.32 Å². The Morgan fingerprint density at radius 2 is 1.93 bits per heavy atom. The van der Waals surface area contributed by atoms with Gasteiger partial charge in [0.25, 0.3) is 5.91 Å². The summed E-state index contributed by atoms with van der Waals surface area (Å²) in [7, 11) is 0. The van der Waals surface area contributed by atoms with Crippen LogP contribution in [0.2, 0.25) is 0 Å². The molecule has 4 nitrogen and oxygen atoms in total. The van der Waals surface area contributed by atoms with Crippen LogP contribution in [-0.4, -0.2) is 33.3 Å². The Hall–Kier alpha value is -0.770. The summed E-state index contributed by atoms with van der Waals surface area (Å²) in [5, 5.41) is 0. The summed E-state index contributed by atoms with van der Waals surface area (Å²) in [6, 6.07) is -0.407. The highest BCUT2D eigenvalue weighted by molar-refractivity contribution is 6.27. The highest BCUT2D eigenvalue weighted by Gasteiger charge is 2.50. The number of unbranched alkanes of at least 4 members (excludes halogenated alkanes) is 1. The van der Waals surface area contributed by atoms with E-state index >= 15 is 0 Å². The second kappa shape index (κ2) is 3.77. The van der Waals surface area contributed by atoms with Gasteiger partial charge in [-0.25, -0.2) is 9.21 Å². The lowest BCUT2D eigenvalue weighted by molar-refractivity contribution is -0.131. The van der Waals surface area contributed by atoms with Gasteiger partial charge >= 0.3 is 6.03 Å². The molecular formula is C9H15ClN2O2. The summed E-state index contributed by atoms with van der Waals surface area (Å²) in [4.78, 5) is 24.5. The topological polar surface area (TPSA) is 40.6 Å². The minimum atomic E-state index is -0.910. The molecule has 0 N–H and O–H groups in total. The molecule has 0 aromatic rings. The van der Waals surface area contributed by atoms with Gasteiger partial charge in [0.2, 0.25) is 0 Å². The number of hydrogen-bond donors (Lipinski definition) is 0. The number of urea groups is 1. The molecule has 14 heavy (non-hydrogen) atoms. The first-order chi connectivity index (χ1) is 6.42. The molecular weight excluding hydrogens is 204 g/mol. The van der Waals surface area contributed by atoms with Crippen LogP contribution >= 0.6 is 11.8 Å². The second-order valence-electron chi connectivity index (χ2n) is 3.93. The predicted octanol–water partition coefficient (Wildman–Crippen LogP) is 1.98. The van der Waals surface area contributed by atoms with Crippen molar-refractivity contribution in [3.8, 4) is 0 Å². The van der Waals surface area contributed by atoms with Crippen LogP contribution in [-0.2, 0) is 4.79 Å². The van der Waals surface area contributed by atoms with Gasteiger partial charge in [-0.1, -0.05) is 13.3 Å². The fourth-order valence-corrected chi connectivity index (χ4v) is 1.52. The monoisotopic (exact) mass is 218 g/mol. The van der Waals surface area contributed by atoms with Crippen molar-refractivity contribution in [3.05, 3.63) is 0 Å². The lowest BCUT2D eigenvalue weighted by atomic mass is 10.1. The average Bonchev–Trinajstić information content (AvgIpc) is 2.28. The van der Waals surface area contributed by atoms with E-state index in [1.165, 1.54) is 4.90 Å². The Morgan fingerprint density at radius 3 is 2.29 bits per heavy atom. The van der Waals surface area contributed by atoms with E-state index in [9.17, 15) is 9.59 Å². The lowest BCUT2D eigenvalue weighted by Crippen LogP contribution is -2.39. The van der Waals surface area contributed by atoms with Crippen molar-refractivity contribution in [2.45, 2.75) is 39.2 Å². The van der Waals surface area contributed by atoms with Gasteiger partial charge in [-0.05, 0) is 20.3 Å². The van der Waals surface area contributed by atoms with Crippen molar-refractivity contribution >= 4 is 23.7 Å². The molecule has 0 atom stereocenters. The molecule has 0 spiro atoms. The summed E-state index contributed by atoms with van der Waals surface area (Å²) in [5.74, 6) is -0.217. The van der Waals surface area contributed by atoms with E-state index in [4.69, 9.17) is 11.8 Å². The van der Waals surface area contributed by atoms with E-state index in [1.807, 2.05) is 6.92 Å². The normalized spacial score (nSPS) is 20.9. The molecule has 1 heterocycles. The third-order valence-electron chi connectivity index (χ3n) is 2.39. The van der Waals surface area contributed by atoms with Crippen molar-refractivity contribution in [2.75, 3.05) is 6.54 Å². The van der Waals surface area contributed by atoms with E-state index in [1.54, 1.807) is 13.8 Å². The van der Waals surface area contributed by atoms with Crippen LogP contribution in [0.1, 0.15) is 33.6 Å². The van der Waals surface area contributed by atoms with E-state index < -0.39 is 11.6 Å². The Bertz CT molecular complexity index is 266. The quantitative estimate of drug-likeness (QED) is 0.537. The Morgan fingerprint density at radius 1 is 1.36 bits per heavy atom. The standard InChI is InChI=1S/C9H15ClN2O2/c1-4-5-6-11-7(13)9(2,3)12(10)8(11)14/h4-6H2,1-3H3. The molecule has 1 fully saturated rings. The summed E-state index contributed by atoms with van der Waals surface area (Å²) < 4.78 is 0.977. The molecule has 1 saturated heterocycles. The maximum Gasteiger partial charge on any atom is 0.342 e. The first kappa shape index (κ1) is 11.3. The zero-order chi connectivity index (χ0) is 10.9. The summed E-state index contributed by atoms with van der Waals surface area (Å²) in [6.07, 6.45) is 1.76. The summed E-state index contributed by atoms with van der Waals surface area (Å²) >= 11 is 5.74. The maximum absolute atomic E-state index is 11.7. The number of carbonyl (C=O) groups excluding carboxylic acids is 2. The zero-order valence-corrected chi connectivity index (χ0v) is 9.47. The van der Waals surface area contributed by atoms with E-state index in [-0.39, 0.29) is 5.91 Å². The van der Waals surface area contributed by atoms with Crippen molar-refractivity contribution in [2.24, 2.45) is 0 Å². The lowest BCUT2D eigenvalue weighted by Gasteiger charge is -2.19. The molecule has 0 aromatic carbocycles. The molecule has 0 saturated carbocycles. The minimum Gasteiger partial charge on any atom is -0.272 e. The molecule has 1 aliphatic rings. The number of nitrogens with zero attached hydrogens (tertiary/aromatic N) is 2. The van der Waals surface area contributed by atoms with Crippen LogP contribution in [0.15, 0.2) is 0 Å². The molecule has 80 valence electrons. The van der Waals surface area contributed by atoms with E-state index in [0.717, 1.165) is 17.3 Å². The molecule has 0 aliphatic carbocycles. The molecule has 0 bridgehead atoms. The van der Waals surface area contributed by atoms with Crippen LogP contribution in [0.25, 0.3) is 0 Å². The zero-order valence-electron chi connectivity index (χ0n) is 8.71. The largest absolute Gasteiger partial charge is 0.342 e. The summed E-state index contributed by atoms with van der Waals surface area (Å²) in [6.45, 7) is 5.76. The van der Waals surface area contributed by atoms with Crippen molar-refractivity contribution in [3.63, 3.8) is 0 Å². The van der Waals surface area contributed by atoms with Crippen LogP contribution in [0.4, 0.5) is 4.79 Å². The smallest absolute Gasteiger partial charge is 0.272 e. The van der Waals surface area contributed by atoms with Gasteiger partial charge in [0.1, 0.15) is 5.54 Å². The summed E-state index contributed by atoms with van der Waals surface area (Å²) in [5.41, 5.74) is -0.910.